The third kappa shape index (κ3) is 2.49. The molecule has 1 aromatic heterocycles. The topological polar surface area (TPSA) is 29.5 Å². The number of thiophene rings is 1. The number of hydrogen-bond acceptors (Lipinski definition) is 4. The van der Waals surface area contributed by atoms with Gasteiger partial charge in [-0.3, -0.25) is 0 Å². The molecule has 2 aromatic carbocycles. The fourth-order valence-electron chi connectivity index (χ4n) is 2.07. The summed E-state index contributed by atoms with van der Waals surface area (Å²) >= 11 is 3.45. The van der Waals surface area contributed by atoms with Crippen molar-refractivity contribution >= 4 is 33.2 Å². The van der Waals surface area contributed by atoms with Gasteiger partial charge in [-0.15, -0.1) is 11.3 Å². The molecule has 3 aromatic rings. The number of phenolic OH excluding ortho intramolecular Hbond substituents is 1. The number of rotatable bonds is 3. The highest BCUT2D eigenvalue weighted by Gasteiger charge is 2.09. The van der Waals surface area contributed by atoms with Crippen molar-refractivity contribution in [1.82, 2.24) is 0 Å². The maximum Gasteiger partial charge on any atom is 0.122 e. The van der Waals surface area contributed by atoms with Crippen molar-refractivity contribution in [2.24, 2.45) is 0 Å². The summed E-state index contributed by atoms with van der Waals surface area (Å²) in [5.41, 5.74) is 1.16. The average Bonchev–Trinajstić information content (AvgIpc) is 2.82. The first-order valence-electron chi connectivity index (χ1n) is 6.20. The van der Waals surface area contributed by atoms with Crippen LogP contribution in [0.15, 0.2) is 51.6 Å². The molecule has 0 spiro atoms. The highest BCUT2D eigenvalue weighted by Crippen LogP contribution is 2.40. The number of fused-ring (bicyclic) bond motifs is 1. The lowest BCUT2D eigenvalue weighted by Gasteiger charge is -2.06. The highest BCUT2D eigenvalue weighted by molar-refractivity contribution is 7.99. The van der Waals surface area contributed by atoms with Crippen LogP contribution >= 0.6 is 23.1 Å². The molecule has 1 N–H and O–H groups in total. The van der Waals surface area contributed by atoms with Gasteiger partial charge in [0.05, 0.1) is 7.11 Å². The largest absolute Gasteiger partial charge is 0.508 e. The lowest BCUT2D eigenvalue weighted by molar-refractivity contribution is 0.412. The molecule has 20 heavy (non-hydrogen) atoms. The molecule has 0 amide bonds. The molecular formula is C16H14O2S2. The normalized spacial score (nSPS) is 10.9. The predicted octanol–water partition coefficient (Wildman–Crippen LogP) is 5.08. The Kier molecular flexibility index (Phi) is 3.59. The summed E-state index contributed by atoms with van der Waals surface area (Å²) in [4.78, 5) is 2.33. The molecule has 0 aliphatic carbocycles. The number of ether oxygens (including phenoxy) is 1. The van der Waals surface area contributed by atoms with Gasteiger partial charge in [-0.05, 0) is 48.9 Å². The molecule has 0 bridgehead atoms. The van der Waals surface area contributed by atoms with Gasteiger partial charge in [-0.2, -0.15) is 0 Å². The number of benzene rings is 2. The lowest BCUT2D eigenvalue weighted by atomic mass is 10.2. The molecule has 102 valence electrons. The van der Waals surface area contributed by atoms with Crippen LogP contribution < -0.4 is 4.74 Å². The molecule has 0 aliphatic heterocycles. The predicted molar refractivity (Wildman–Crippen MR) is 85.3 cm³/mol. The van der Waals surface area contributed by atoms with Crippen molar-refractivity contribution in [2.45, 2.75) is 16.7 Å². The maximum atomic E-state index is 9.33. The highest BCUT2D eigenvalue weighted by atomic mass is 32.2. The summed E-state index contributed by atoms with van der Waals surface area (Å²) < 4.78 is 6.67. The van der Waals surface area contributed by atoms with Crippen molar-refractivity contribution in [2.75, 3.05) is 7.11 Å². The van der Waals surface area contributed by atoms with Crippen LogP contribution in [-0.2, 0) is 0 Å². The zero-order chi connectivity index (χ0) is 14.1. The van der Waals surface area contributed by atoms with Crippen molar-refractivity contribution in [3.63, 3.8) is 0 Å². The average molecular weight is 302 g/mol. The second-order valence-corrected chi connectivity index (χ2v) is 6.54. The minimum Gasteiger partial charge on any atom is -0.508 e. The van der Waals surface area contributed by atoms with Gasteiger partial charge in [-0.25, -0.2) is 0 Å². The third-order valence-electron chi connectivity index (χ3n) is 3.12. The van der Waals surface area contributed by atoms with E-state index in [0.717, 1.165) is 16.2 Å². The monoisotopic (exact) mass is 302 g/mol. The number of hydrogen-bond donors (Lipinski definition) is 1. The summed E-state index contributed by atoms with van der Waals surface area (Å²) in [5.74, 6) is 1.21. The minimum absolute atomic E-state index is 0.293. The van der Waals surface area contributed by atoms with E-state index < -0.39 is 0 Å². The molecule has 0 saturated carbocycles. The van der Waals surface area contributed by atoms with E-state index in [2.05, 4.69) is 24.4 Å². The van der Waals surface area contributed by atoms with E-state index in [1.54, 1.807) is 42.3 Å². The molecule has 3 rings (SSSR count). The maximum absolute atomic E-state index is 9.33. The molecule has 0 fully saturated rings. The summed E-state index contributed by atoms with van der Waals surface area (Å²) in [7, 11) is 1.70. The molecule has 0 radical (unpaired) electrons. The summed E-state index contributed by atoms with van der Waals surface area (Å²) in [6.07, 6.45) is 0. The van der Waals surface area contributed by atoms with Crippen LogP contribution in [0.1, 0.15) is 5.56 Å². The van der Waals surface area contributed by atoms with E-state index in [4.69, 9.17) is 4.74 Å². The lowest BCUT2D eigenvalue weighted by Crippen LogP contribution is -1.86. The van der Waals surface area contributed by atoms with Crippen LogP contribution in [0.3, 0.4) is 0 Å². The summed E-state index contributed by atoms with van der Waals surface area (Å²) in [5, 5.41) is 12.7. The van der Waals surface area contributed by atoms with E-state index in [-0.39, 0.29) is 0 Å². The van der Waals surface area contributed by atoms with Gasteiger partial charge in [0.25, 0.3) is 0 Å². The first kappa shape index (κ1) is 13.3. The minimum atomic E-state index is 0.293. The summed E-state index contributed by atoms with van der Waals surface area (Å²) in [6.45, 7) is 2.06. The fourth-order valence-corrected chi connectivity index (χ4v) is 4.18. The van der Waals surface area contributed by atoms with Gasteiger partial charge in [0.1, 0.15) is 11.5 Å². The van der Waals surface area contributed by atoms with Crippen LogP contribution in [0.4, 0.5) is 0 Å². The van der Waals surface area contributed by atoms with Gasteiger partial charge in [0.2, 0.25) is 0 Å². The van der Waals surface area contributed by atoms with Crippen molar-refractivity contribution < 1.29 is 9.84 Å². The molecule has 1 heterocycles. The Labute approximate surface area is 126 Å². The zero-order valence-electron chi connectivity index (χ0n) is 11.2. The van der Waals surface area contributed by atoms with Gasteiger partial charge >= 0.3 is 0 Å². The number of methoxy groups -OCH3 is 1. The van der Waals surface area contributed by atoms with Crippen molar-refractivity contribution in [1.29, 1.82) is 0 Å². The van der Waals surface area contributed by atoms with Crippen LogP contribution in [-0.4, -0.2) is 12.2 Å². The quantitative estimate of drug-likeness (QED) is 0.732. The molecule has 2 nitrogen and oxygen atoms in total. The molecule has 0 saturated heterocycles. The Morgan fingerprint density at radius 3 is 2.60 bits per heavy atom. The van der Waals surface area contributed by atoms with E-state index in [1.165, 1.54) is 15.0 Å². The van der Waals surface area contributed by atoms with E-state index in [1.807, 2.05) is 12.1 Å². The molecule has 0 aliphatic rings. The zero-order valence-corrected chi connectivity index (χ0v) is 12.8. The first-order valence-corrected chi connectivity index (χ1v) is 7.89. The van der Waals surface area contributed by atoms with Gasteiger partial charge in [0, 0.05) is 25.3 Å². The Bertz CT molecular complexity index is 745. The SMILES string of the molecule is COc1cc2c(Sc3ccc(O)cc3)csc2cc1C. The fraction of sp³-hybridized carbons (Fsp3) is 0.125. The Balaban J connectivity index is 2.01. The van der Waals surface area contributed by atoms with Gasteiger partial charge in [-0.1, -0.05) is 11.8 Å². The van der Waals surface area contributed by atoms with Crippen LogP contribution in [0.5, 0.6) is 11.5 Å². The van der Waals surface area contributed by atoms with Crippen LogP contribution in [0, 0.1) is 6.92 Å². The van der Waals surface area contributed by atoms with Gasteiger partial charge in [0.15, 0.2) is 0 Å². The Morgan fingerprint density at radius 2 is 1.90 bits per heavy atom. The first-order chi connectivity index (χ1) is 9.67. The standard InChI is InChI=1S/C16H14O2S2/c1-10-7-15-13(8-14(10)18-2)16(9-19-15)20-12-5-3-11(17)4-6-12/h3-9,17H,1-2H3. The van der Waals surface area contributed by atoms with E-state index in [9.17, 15) is 5.11 Å². The van der Waals surface area contributed by atoms with Crippen molar-refractivity contribution in [3.05, 3.63) is 47.3 Å². The smallest absolute Gasteiger partial charge is 0.122 e. The molecule has 0 atom stereocenters. The van der Waals surface area contributed by atoms with Crippen LogP contribution in [0.25, 0.3) is 10.1 Å². The second-order valence-electron chi connectivity index (χ2n) is 4.51. The number of aromatic hydroxyl groups is 1. The third-order valence-corrected chi connectivity index (χ3v) is 5.28. The Hall–Kier alpha value is -1.65. The van der Waals surface area contributed by atoms with Gasteiger partial charge < -0.3 is 9.84 Å². The summed E-state index contributed by atoms with van der Waals surface area (Å²) in [6, 6.07) is 11.5. The Morgan fingerprint density at radius 1 is 1.15 bits per heavy atom. The van der Waals surface area contributed by atoms with E-state index >= 15 is 0 Å². The molecular weight excluding hydrogens is 288 g/mol. The van der Waals surface area contributed by atoms with Crippen molar-refractivity contribution in [3.8, 4) is 11.5 Å². The van der Waals surface area contributed by atoms with Crippen LogP contribution in [0.2, 0.25) is 0 Å². The number of aryl methyl sites for hydroxylation is 1. The van der Waals surface area contributed by atoms with E-state index in [0.29, 0.717) is 5.75 Å². The number of phenols is 1. The molecule has 4 heteroatoms. The molecule has 0 unspecified atom stereocenters. The second kappa shape index (κ2) is 5.38.